The minimum Gasteiger partial charge on any atom is -0.478 e. The molecule has 0 unspecified atom stereocenters. The summed E-state index contributed by atoms with van der Waals surface area (Å²) in [5.74, 6) is -0.989. The van der Waals surface area contributed by atoms with Crippen molar-refractivity contribution in [3.63, 3.8) is 0 Å². The summed E-state index contributed by atoms with van der Waals surface area (Å²) in [5.41, 5.74) is 4.48. The lowest BCUT2D eigenvalue weighted by molar-refractivity contribution is 0.0697. The molecule has 3 rings (SSSR count). The molecule has 0 radical (unpaired) electrons. The Hall–Kier alpha value is -3.25. The number of aromatic carboxylic acids is 1. The average molecular weight is 349 g/mol. The third-order valence-electron chi connectivity index (χ3n) is 3.56. The molecule has 0 aromatic heterocycles. The van der Waals surface area contributed by atoms with E-state index in [0.29, 0.717) is 5.69 Å². The van der Waals surface area contributed by atoms with Crippen LogP contribution in [0.1, 0.15) is 15.9 Å². The fraction of sp³-hybridized carbons (Fsp3) is 0. The molecule has 0 saturated heterocycles. The largest absolute Gasteiger partial charge is 0.478 e. The predicted octanol–water partition coefficient (Wildman–Crippen LogP) is 3.86. The van der Waals surface area contributed by atoms with Gasteiger partial charge in [0.1, 0.15) is 0 Å². The van der Waals surface area contributed by atoms with E-state index in [4.69, 9.17) is 17.3 Å². The molecule has 0 amide bonds. The maximum atomic E-state index is 11.0. The molecular weight excluding hydrogens is 334 g/mol. The van der Waals surface area contributed by atoms with Gasteiger partial charge in [0.05, 0.1) is 11.8 Å². The molecule has 0 aliphatic heterocycles. The summed E-state index contributed by atoms with van der Waals surface area (Å²) in [6.45, 7) is 0. The van der Waals surface area contributed by atoms with Crippen LogP contribution >= 0.6 is 12.2 Å². The van der Waals surface area contributed by atoms with Gasteiger partial charge in [-0.3, -0.25) is 5.43 Å². The Kier molecular flexibility index (Phi) is 5.01. The maximum absolute atomic E-state index is 11.0. The molecule has 0 aliphatic carbocycles. The van der Waals surface area contributed by atoms with Gasteiger partial charge < -0.3 is 10.4 Å². The Bertz CT molecular complexity index is 964. The van der Waals surface area contributed by atoms with E-state index in [0.717, 1.165) is 16.3 Å². The van der Waals surface area contributed by atoms with Crippen molar-refractivity contribution in [2.24, 2.45) is 5.10 Å². The Morgan fingerprint density at radius 2 is 1.80 bits per heavy atom. The van der Waals surface area contributed by atoms with E-state index < -0.39 is 5.97 Å². The highest BCUT2D eigenvalue weighted by Crippen LogP contribution is 2.16. The van der Waals surface area contributed by atoms with Gasteiger partial charge in [0.25, 0.3) is 0 Å². The zero-order valence-corrected chi connectivity index (χ0v) is 14.0. The lowest BCUT2D eigenvalue weighted by atomic mass is 10.1. The van der Waals surface area contributed by atoms with Gasteiger partial charge in [0.2, 0.25) is 0 Å². The van der Waals surface area contributed by atoms with E-state index in [9.17, 15) is 4.79 Å². The van der Waals surface area contributed by atoms with E-state index in [-0.39, 0.29) is 10.7 Å². The van der Waals surface area contributed by atoms with Gasteiger partial charge in [-0.15, -0.1) is 0 Å². The lowest BCUT2D eigenvalue weighted by Gasteiger charge is -2.07. The van der Waals surface area contributed by atoms with Gasteiger partial charge in [-0.1, -0.05) is 48.5 Å². The summed E-state index contributed by atoms with van der Waals surface area (Å²) < 4.78 is 0. The van der Waals surface area contributed by atoms with Crippen molar-refractivity contribution < 1.29 is 9.90 Å². The van der Waals surface area contributed by atoms with Crippen LogP contribution in [0.3, 0.4) is 0 Å². The first-order chi connectivity index (χ1) is 12.1. The summed E-state index contributed by atoms with van der Waals surface area (Å²) in [6.07, 6.45) is 1.70. The average Bonchev–Trinajstić information content (AvgIpc) is 2.62. The molecule has 0 heterocycles. The lowest BCUT2D eigenvalue weighted by Crippen LogP contribution is -2.24. The molecule has 0 aliphatic rings. The molecular formula is C19H15N3O2S. The van der Waals surface area contributed by atoms with Crippen molar-refractivity contribution in [1.82, 2.24) is 5.43 Å². The number of carboxylic acid groups (broad SMARTS) is 1. The van der Waals surface area contributed by atoms with Gasteiger partial charge in [-0.05, 0) is 41.2 Å². The first kappa shape index (κ1) is 16.6. The molecule has 3 aromatic carbocycles. The molecule has 3 N–H and O–H groups in total. The highest BCUT2D eigenvalue weighted by molar-refractivity contribution is 7.80. The summed E-state index contributed by atoms with van der Waals surface area (Å²) >= 11 is 5.17. The van der Waals surface area contributed by atoms with Crippen LogP contribution in [0.25, 0.3) is 10.8 Å². The van der Waals surface area contributed by atoms with Gasteiger partial charge >= 0.3 is 5.97 Å². The number of rotatable bonds is 4. The van der Waals surface area contributed by atoms with Crippen LogP contribution in [0.5, 0.6) is 0 Å². The maximum Gasteiger partial charge on any atom is 0.335 e. The summed E-state index contributed by atoms with van der Waals surface area (Å²) in [6, 6.07) is 20.4. The number of anilines is 1. The second-order valence-corrected chi connectivity index (χ2v) is 5.69. The number of nitrogens with one attached hydrogen (secondary N) is 2. The molecule has 0 bridgehead atoms. The number of benzene rings is 3. The molecule has 124 valence electrons. The van der Waals surface area contributed by atoms with E-state index in [2.05, 4.69) is 15.8 Å². The van der Waals surface area contributed by atoms with Crippen LogP contribution in [0.2, 0.25) is 0 Å². The molecule has 3 aromatic rings. The predicted molar refractivity (Wildman–Crippen MR) is 104 cm³/mol. The topological polar surface area (TPSA) is 73.7 Å². The Morgan fingerprint density at radius 1 is 1.04 bits per heavy atom. The zero-order valence-electron chi connectivity index (χ0n) is 13.1. The van der Waals surface area contributed by atoms with E-state index >= 15 is 0 Å². The fourth-order valence-electron chi connectivity index (χ4n) is 2.41. The van der Waals surface area contributed by atoms with E-state index in [1.807, 2.05) is 42.5 Å². The third kappa shape index (κ3) is 4.19. The highest BCUT2D eigenvalue weighted by Gasteiger charge is 2.04. The van der Waals surface area contributed by atoms with E-state index in [1.165, 1.54) is 12.1 Å². The van der Waals surface area contributed by atoms with Crippen molar-refractivity contribution in [1.29, 1.82) is 0 Å². The van der Waals surface area contributed by atoms with Crippen molar-refractivity contribution in [2.45, 2.75) is 0 Å². The third-order valence-corrected chi connectivity index (χ3v) is 3.75. The number of hydrazone groups is 1. The molecule has 5 nitrogen and oxygen atoms in total. The van der Waals surface area contributed by atoms with E-state index in [1.54, 1.807) is 18.3 Å². The van der Waals surface area contributed by atoms with Gasteiger partial charge in [0, 0.05) is 11.3 Å². The minimum absolute atomic E-state index is 0.187. The van der Waals surface area contributed by atoms with Crippen LogP contribution in [-0.4, -0.2) is 22.4 Å². The number of hydrogen-bond acceptors (Lipinski definition) is 3. The van der Waals surface area contributed by atoms with Crippen LogP contribution < -0.4 is 10.7 Å². The number of fused-ring (bicyclic) bond motifs is 1. The summed E-state index contributed by atoms with van der Waals surface area (Å²) in [7, 11) is 0. The zero-order chi connectivity index (χ0) is 17.6. The number of thiocarbonyl (C=S) groups is 1. The first-order valence-corrected chi connectivity index (χ1v) is 7.95. The minimum atomic E-state index is -0.989. The van der Waals surface area contributed by atoms with Gasteiger partial charge in [-0.2, -0.15) is 5.10 Å². The monoisotopic (exact) mass is 349 g/mol. The molecule has 0 atom stereocenters. The second kappa shape index (κ2) is 7.55. The number of nitrogens with zero attached hydrogens (tertiary/aromatic N) is 1. The van der Waals surface area contributed by atoms with Crippen LogP contribution in [0.15, 0.2) is 71.8 Å². The quantitative estimate of drug-likeness (QED) is 0.379. The second-order valence-electron chi connectivity index (χ2n) is 5.28. The van der Waals surface area contributed by atoms with Crippen LogP contribution in [0.4, 0.5) is 5.69 Å². The van der Waals surface area contributed by atoms with Crippen LogP contribution in [0, 0.1) is 0 Å². The van der Waals surface area contributed by atoms with Gasteiger partial charge in [0.15, 0.2) is 5.11 Å². The number of carbonyl (C=O) groups is 1. The van der Waals surface area contributed by atoms with Crippen LogP contribution in [-0.2, 0) is 0 Å². The molecule has 25 heavy (non-hydrogen) atoms. The molecule has 0 spiro atoms. The highest BCUT2D eigenvalue weighted by atomic mass is 32.1. The standard InChI is InChI=1S/C19H15N3O2S/c23-18(24)14-7-4-9-16(11-14)21-19(25)22-20-12-15-8-3-6-13-5-1-2-10-17(13)15/h1-12H,(H,23,24)(H2,21,22,25). The SMILES string of the molecule is O=C(O)c1cccc(NC(=S)NN=Cc2cccc3ccccc23)c1. The molecule has 0 saturated carbocycles. The van der Waals surface area contributed by atoms with Crippen molar-refractivity contribution >= 4 is 46.0 Å². The number of hydrogen-bond donors (Lipinski definition) is 3. The Labute approximate surface area is 150 Å². The van der Waals surface area contributed by atoms with Crippen molar-refractivity contribution in [3.8, 4) is 0 Å². The normalized spacial score (nSPS) is 10.7. The Balaban J connectivity index is 1.66. The first-order valence-electron chi connectivity index (χ1n) is 7.55. The van der Waals surface area contributed by atoms with Gasteiger partial charge in [-0.25, -0.2) is 4.79 Å². The van der Waals surface area contributed by atoms with Crippen molar-refractivity contribution in [2.75, 3.05) is 5.32 Å². The van der Waals surface area contributed by atoms with Crippen molar-refractivity contribution in [3.05, 3.63) is 77.9 Å². The smallest absolute Gasteiger partial charge is 0.335 e. The Morgan fingerprint density at radius 3 is 2.64 bits per heavy atom. The summed E-state index contributed by atoms with van der Waals surface area (Å²) in [4.78, 5) is 11.0. The molecule has 0 fully saturated rings. The number of carboxylic acids is 1. The molecule has 6 heteroatoms. The fourth-order valence-corrected chi connectivity index (χ4v) is 2.58. The summed E-state index contributed by atoms with van der Waals surface area (Å²) in [5, 5.41) is 18.6.